The average Bonchev–Trinajstić information content (AvgIpc) is 2.58. The number of methoxy groups -OCH3 is 1. The number of carbonyl (C=O) groups is 1. The zero-order chi connectivity index (χ0) is 18.6. The highest BCUT2D eigenvalue weighted by atomic mass is 35.5. The van der Waals surface area contributed by atoms with Gasteiger partial charge in [-0.2, -0.15) is 0 Å². The molecular formula is C19H22ClFN2O2. The van der Waals surface area contributed by atoms with Crippen LogP contribution in [0.25, 0.3) is 0 Å². The standard InChI is InChI=1S/C19H22ClFN2O2/c1-12-15(20)6-5-7-17(12)22-19(24)13(2)23(3)11-14-8-9-18(25-4)16(21)10-14/h5-10,13H,11H2,1-4H3,(H,22,24). The fourth-order valence-corrected chi connectivity index (χ4v) is 2.59. The summed E-state index contributed by atoms with van der Waals surface area (Å²) in [5.41, 5.74) is 2.28. The lowest BCUT2D eigenvalue weighted by Gasteiger charge is -2.24. The molecule has 0 saturated carbocycles. The number of amides is 1. The Balaban J connectivity index is 2.03. The maximum atomic E-state index is 13.8. The number of benzene rings is 2. The van der Waals surface area contributed by atoms with Gasteiger partial charge in [0.1, 0.15) is 0 Å². The zero-order valence-electron chi connectivity index (χ0n) is 14.8. The number of likely N-dealkylation sites (N-methyl/N-ethyl adjacent to an activating group) is 1. The van der Waals surface area contributed by atoms with Gasteiger partial charge in [-0.05, 0) is 56.3 Å². The minimum atomic E-state index is -0.417. The van der Waals surface area contributed by atoms with E-state index < -0.39 is 11.9 Å². The molecule has 1 atom stereocenters. The van der Waals surface area contributed by atoms with E-state index in [1.165, 1.54) is 13.2 Å². The van der Waals surface area contributed by atoms with Gasteiger partial charge in [0.15, 0.2) is 11.6 Å². The van der Waals surface area contributed by atoms with Crippen molar-refractivity contribution < 1.29 is 13.9 Å². The van der Waals surface area contributed by atoms with Crippen LogP contribution in [0, 0.1) is 12.7 Å². The fourth-order valence-electron chi connectivity index (χ4n) is 2.41. The van der Waals surface area contributed by atoms with Gasteiger partial charge in [-0.15, -0.1) is 0 Å². The molecule has 0 aliphatic carbocycles. The Kier molecular flexibility index (Phi) is 6.39. The third-order valence-corrected chi connectivity index (χ3v) is 4.62. The molecule has 0 spiro atoms. The van der Waals surface area contributed by atoms with E-state index in [0.717, 1.165) is 11.1 Å². The van der Waals surface area contributed by atoms with E-state index in [1.807, 2.05) is 24.9 Å². The first-order chi connectivity index (χ1) is 11.8. The lowest BCUT2D eigenvalue weighted by molar-refractivity contribution is -0.120. The van der Waals surface area contributed by atoms with Crippen molar-refractivity contribution >= 4 is 23.2 Å². The van der Waals surface area contributed by atoms with Gasteiger partial charge in [0, 0.05) is 17.3 Å². The Bertz CT molecular complexity index is 767. The number of halogens is 2. The summed E-state index contributed by atoms with van der Waals surface area (Å²) in [6.07, 6.45) is 0. The van der Waals surface area contributed by atoms with Gasteiger partial charge in [0.25, 0.3) is 0 Å². The molecule has 2 aromatic rings. The molecule has 1 amide bonds. The number of hydrogen-bond acceptors (Lipinski definition) is 3. The number of ether oxygens (including phenoxy) is 1. The van der Waals surface area contributed by atoms with Crippen molar-refractivity contribution in [3.8, 4) is 5.75 Å². The van der Waals surface area contributed by atoms with Crippen molar-refractivity contribution in [3.05, 3.63) is 58.4 Å². The van der Waals surface area contributed by atoms with Gasteiger partial charge in [-0.3, -0.25) is 9.69 Å². The average molecular weight is 365 g/mol. The van der Waals surface area contributed by atoms with Crippen LogP contribution < -0.4 is 10.1 Å². The second-order valence-corrected chi connectivity index (χ2v) is 6.37. The number of nitrogens with zero attached hydrogens (tertiary/aromatic N) is 1. The molecule has 0 fully saturated rings. The van der Waals surface area contributed by atoms with Crippen LogP contribution >= 0.6 is 11.6 Å². The van der Waals surface area contributed by atoms with Crippen LogP contribution in [0.1, 0.15) is 18.1 Å². The summed E-state index contributed by atoms with van der Waals surface area (Å²) >= 11 is 6.08. The van der Waals surface area contributed by atoms with E-state index in [9.17, 15) is 9.18 Å². The Morgan fingerprint density at radius 1 is 1.36 bits per heavy atom. The number of rotatable bonds is 6. The van der Waals surface area contributed by atoms with Gasteiger partial charge < -0.3 is 10.1 Å². The van der Waals surface area contributed by atoms with E-state index in [2.05, 4.69) is 5.32 Å². The Labute approximate surface area is 152 Å². The molecule has 0 radical (unpaired) electrons. The number of nitrogens with one attached hydrogen (secondary N) is 1. The van der Waals surface area contributed by atoms with Gasteiger partial charge >= 0.3 is 0 Å². The van der Waals surface area contributed by atoms with Crippen LogP contribution in [-0.4, -0.2) is 31.0 Å². The third-order valence-electron chi connectivity index (χ3n) is 4.21. The molecule has 0 aromatic heterocycles. The second kappa shape index (κ2) is 8.32. The highest BCUT2D eigenvalue weighted by molar-refractivity contribution is 6.31. The van der Waals surface area contributed by atoms with Crippen LogP contribution in [0.2, 0.25) is 5.02 Å². The summed E-state index contributed by atoms with van der Waals surface area (Å²) in [6.45, 7) is 4.09. The fraction of sp³-hybridized carbons (Fsp3) is 0.316. The van der Waals surface area contributed by atoms with Crippen molar-refractivity contribution in [2.45, 2.75) is 26.4 Å². The molecule has 2 rings (SSSR count). The van der Waals surface area contributed by atoms with Crippen molar-refractivity contribution in [1.29, 1.82) is 0 Å². The van der Waals surface area contributed by atoms with Crippen LogP contribution in [0.5, 0.6) is 5.75 Å². The maximum absolute atomic E-state index is 13.8. The molecule has 0 aliphatic rings. The van der Waals surface area contributed by atoms with Gasteiger partial charge in [-0.1, -0.05) is 23.7 Å². The van der Waals surface area contributed by atoms with E-state index in [4.69, 9.17) is 16.3 Å². The van der Waals surface area contributed by atoms with Gasteiger partial charge in [-0.25, -0.2) is 4.39 Å². The smallest absolute Gasteiger partial charge is 0.241 e. The molecule has 1 unspecified atom stereocenters. The number of carbonyl (C=O) groups excluding carboxylic acids is 1. The van der Waals surface area contributed by atoms with E-state index in [-0.39, 0.29) is 11.7 Å². The minimum absolute atomic E-state index is 0.151. The molecule has 25 heavy (non-hydrogen) atoms. The summed E-state index contributed by atoms with van der Waals surface area (Å²) in [5.74, 6) is -0.365. The summed E-state index contributed by atoms with van der Waals surface area (Å²) in [7, 11) is 3.24. The van der Waals surface area contributed by atoms with Gasteiger partial charge in [0.05, 0.1) is 13.2 Å². The summed E-state index contributed by atoms with van der Waals surface area (Å²) < 4.78 is 18.7. The van der Waals surface area contributed by atoms with Crippen LogP contribution in [0.15, 0.2) is 36.4 Å². The Hall–Kier alpha value is -2.11. The van der Waals surface area contributed by atoms with Crippen molar-refractivity contribution in [2.75, 3.05) is 19.5 Å². The quantitative estimate of drug-likeness (QED) is 0.832. The molecular weight excluding hydrogens is 343 g/mol. The van der Waals surface area contributed by atoms with E-state index >= 15 is 0 Å². The van der Waals surface area contributed by atoms with Crippen LogP contribution in [0.4, 0.5) is 10.1 Å². The topological polar surface area (TPSA) is 41.6 Å². The maximum Gasteiger partial charge on any atom is 0.241 e. The largest absolute Gasteiger partial charge is 0.494 e. The summed E-state index contributed by atoms with van der Waals surface area (Å²) in [5, 5.41) is 3.49. The lowest BCUT2D eigenvalue weighted by Crippen LogP contribution is -2.39. The first-order valence-electron chi connectivity index (χ1n) is 7.92. The third kappa shape index (κ3) is 4.71. The zero-order valence-corrected chi connectivity index (χ0v) is 15.5. The number of anilines is 1. The molecule has 2 aromatic carbocycles. The Morgan fingerprint density at radius 2 is 2.08 bits per heavy atom. The monoisotopic (exact) mass is 364 g/mol. The van der Waals surface area contributed by atoms with Crippen molar-refractivity contribution in [1.82, 2.24) is 4.90 Å². The first kappa shape index (κ1) is 19.2. The highest BCUT2D eigenvalue weighted by Gasteiger charge is 2.19. The first-order valence-corrected chi connectivity index (χ1v) is 8.30. The lowest BCUT2D eigenvalue weighted by atomic mass is 10.1. The summed E-state index contributed by atoms with van der Waals surface area (Å²) in [4.78, 5) is 14.3. The van der Waals surface area contributed by atoms with Crippen molar-refractivity contribution in [2.24, 2.45) is 0 Å². The summed E-state index contributed by atoms with van der Waals surface area (Å²) in [6, 6.07) is 9.76. The minimum Gasteiger partial charge on any atom is -0.494 e. The van der Waals surface area contributed by atoms with Crippen LogP contribution in [-0.2, 0) is 11.3 Å². The predicted octanol–water partition coefficient (Wildman–Crippen LogP) is 4.26. The molecule has 0 heterocycles. The predicted molar refractivity (Wildman–Crippen MR) is 98.7 cm³/mol. The van der Waals surface area contributed by atoms with Crippen molar-refractivity contribution in [3.63, 3.8) is 0 Å². The molecule has 0 saturated heterocycles. The second-order valence-electron chi connectivity index (χ2n) is 5.96. The normalized spacial score (nSPS) is 12.1. The van der Waals surface area contributed by atoms with E-state index in [0.29, 0.717) is 17.3 Å². The van der Waals surface area contributed by atoms with E-state index in [1.54, 1.807) is 31.2 Å². The van der Waals surface area contributed by atoms with Gasteiger partial charge in [0.2, 0.25) is 5.91 Å². The highest BCUT2D eigenvalue weighted by Crippen LogP contribution is 2.23. The molecule has 134 valence electrons. The van der Waals surface area contributed by atoms with Crippen LogP contribution in [0.3, 0.4) is 0 Å². The molecule has 4 nitrogen and oxygen atoms in total. The SMILES string of the molecule is COc1ccc(CN(C)C(C)C(=O)Nc2cccc(Cl)c2C)cc1F. The Morgan fingerprint density at radius 3 is 2.72 bits per heavy atom. The molecule has 0 aliphatic heterocycles. The molecule has 0 bridgehead atoms. The molecule has 6 heteroatoms. The molecule has 1 N–H and O–H groups in total. The number of hydrogen-bond donors (Lipinski definition) is 1.